The lowest BCUT2D eigenvalue weighted by atomic mass is 9.92. The van der Waals surface area contributed by atoms with Crippen LogP contribution in [0.2, 0.25) is 5.02 Å². The Morgan fingerprint density at radius 1 is 1.05 bits per heavy atom. The van der Waals surface area contributed by atoms with Crippen molar-refractivity contribution in [3.05, 3.63) is 88.1 Å². The maximum atomic E-state index is 13.5. The van der Waals surface area contributed by atoms with E-state index < -0.39 is 23.2 Å². The number of likely N-dealkylation sites (tertiary alicyclic amines) is 1. The molecule has 1 saturated heterocycles. The van der Waals surface area contributed by atoms with Crippen molar-refractivity contribution in [3.63, 3.8) is 0 Å². The van der Waals surface area contributed by atoms with E-state index in [9.17, 15) is 22.8 Å². The molecule has 1 N–H and O–H groups in total. The van der Waals surface area contributed by atoms with E-state index in [1.165, 1.54) is 30.5 Å². The fourth-order valence-electron chi connectivity index (χ4n) is 5.32. The van der Waals surface area contributed by atoms with Crippen LogP contribution in [0.3, 0.4) is 0 Å². The predicted molar refractivity (Wildman–Crippen MR) is 135 cm³/mol. The molecule has 2 aromatic carbocycles. The van der Waals surface area contributed by atoms with Gasteiger partial charge in [-0.3, -0.25) is 14.5 Å². The van der Waals surface area contributed by atoms with Crippen LogP contribution in [0.4, 0.5) is 24.7 Å². The lowest BCUT2D eigenvalue weighted by Crippen LogP contribution is -2.32. The molecule has 192 valence electrons. The van der Waals surface area contributed by atoms with Gasteiger partial charge in [-0.2, -0.15) is 13.2 Å². The lowest BCUT2D eigenvalue weighted by molar-refractivity contribution is -0.137. The topological polar surface area (TPSA) is 65.5 Å². The number of halogens is 4. The second kappa shape index (κ2) is 9.79. The third-order valence-corrected chi connectivity index (χ3v) is 7.31. The highest BCUT2D eigenvalue weighted by Gasteiger charge is 2.39. The number of carbonyl (C=O) groups is 2. The highest BCUT2D eigenvalue weighted by molar-refractivity contribution is 6.30. The van der Waals surface area contributed by atoms with Gasteiger partial charge in [0.2, 0.25) is 0 Å². The standard InChI is InChI=1S/C27H24ClF3N4O2/c1-34-12-10-16-11-13-35(22-8-7-18(28)14-20(22)24(16)34)26(37)17-6-9-23(32-15-17)33-25(36)19-4-2-3-5-21(19)27(29,30)31/h2-9,14-16,24H,10-13H2,1H3,(H,32,33,36). The summed E-state index contributed by atoms with van der Waals surface area (Å²) in [5, 5.41) is 3.00. The van der Waals surface area contributed by atoms with Crippen molar-refractivity contribution in [2.75, 3.05) is 30.4 Å². The van der Waals surface area contributed by atoms with Gasteiger partial charge in [0, 0.05) is 29.5 Å². The number of aromatic nitrogens is 1. The molecule has 3 aromatic rings. The van der Waals surface area contributed by atoms with Crippen LogP contribution in [0.1, 0.15) is 50.7 Å². The van der Waals surface area contributed by atoms with Crippen LogP contribution in [0.5, 0.6) is 0 Å². The van der Waals surface area contributed by atoms with Gasteiger partial charge in [-0.25, -0.2) is 4.98 Å². The maximum Gasteiger partial charge on any atom is 0.417 e. The van der Waals surface area contributed by atoms with Gasteiger partial charge in [-0.1, -0.05) is 23.7 Å². The average molecular weight is 529 g/mol. The van der Waals surface area contributed by atoms with Crippen LogP contribution in [0.25, 0.3) is 0 Å². The number of benzene rings is 2. The van der Waals surface area contributed by atoms with Gasteiger partial charge in [-0.15, -0.1) is 0 Å². The van der Waals surface area contributed by atoms with Crippen LogP contribution < -0.4 is 10.2 Å². The molecule has 2 amide bonds. The first-order chi connectivity index (χ1) is 17.6. The van der Waals surface area contributed by atoms with Crippen LogP contribution in [0, 0.1) is 5.92 Å². The molecular weight excluding hydrogens is 505 g/mol. The molecule has 10 heteroatoms. The summed E-state index contributed by atoms with van der Waals surface area (Å²) in [4.78, 5) is 34.2. The van der Waals surface area contributed by atoms with Crippen molar-refractivity contribution >= 4 is 34.9 Å². The predicted octanol–water partition coefficient (Wildman–Crippen LogP) is 6.05. The van der Waals surface area contributed by atoms with E-state index >= 15 is 0 Å². The quantitative estimate of drug-likeness (QED) is 0.449. The first-order valence-electron chi connectivity index (χ1n) is 11.9. The first-order valence-corrected chi connectivity index (χ1v) is 12.3. The van der Waals surface area contributed by atoms with E-state index in [1.54, 1.807) is 11.0 Å². The van der Waals surface area contributed by atoms with Crippen molar-refractivity contribution in [2.45, 2.75) is 25.1 Å². The Balaban J connectivity index is 1.37. The Morgan fingerprint density at radius 3 is 2.54 bits per heavy atom. The zero-order chi connectivity index (χ0) is 26.3. The van der Waals surface area contributed by atoms with E-state index in [-0.39, 0.29) is 17.8 Å². The number of anilines is 2. The molecule has 0 radical (unpaired) electrons. The first kappa shape index (κ1) is 25.2. The third kappa shape index (κ3) is 4.93. The van der Waals surface area contributed by atoms with E-state index in [2.05, 4.69) is 22.2 Å². The second-order valence-corrected chi connectivity index (χ2v) is 9.79. The number of nitrogens with one attached hydrogen (secondary N) is 1. The Hall–Kier alpha value is -3.43. The number of nitrogens with zero attached hydrogens (tertiary/aromatic N) is 3. The van der Waals surface area contributed by atoms with E-state index in [0.717, 1.165) is 42.8 Å². The van der Waals surface area contributed by atoms with Crippen molar-refractivity contribution in [1.82, 2.24) is 9.88 Å². The number of pyridine rings is 1. The third-order valence-electron chi connectivity index (χ3n) is 7.07. The number of hydrogen-bond acceptors (Lipinski definition) is 4. The van der Waals surface area contributed by atoms with Gasteiger partial charge >= 0.3 is 6.18 Å². The molecule has 0 bridgehead atoms. The summed E-state index contributed by atoms with van der Waals surface area (Å²) in [6, 6.07) is 13.2. The van der Waals surface area contributed by atoms with Crippen LogP contribution in [-0.4, -0.2) is 41.8 Å². The molecule has 2 aliphatic heterocycles. The molecule has 0 spiro atoms. The van der Waals surface area contributed by atoms with Crippen molar-refractivity contribution in [2.24, 2.45) is 5.92 Å². The summed E-state index contributed by atoms with van der Waals surface area (Å²) in [7, 11) is 2.08. The van der Waals surface area contributed by atoms with Crippen molar-refractivity contribution in [1.29, 1.82) is 0 Å². The summed E-state index contributed by atoms with van der Waals surface area (Å²) >= 11 is 6.32. The Labute approximate surface area is 217 Å². The van der Waals surface area contributed by atoms with Crippen LogP contribution in [0.15, 0.2) is 60.8 Å². The highest BCUT2D eigenvalue weighted by Crippen LogP contribution is 2.45. The Bertz CT molecular complexity index is 1350. The summed E-state index contributed by atoms with van der Waals surface area (Å²) in [5.74, 6) is -0.736. The maximum absolute atomic E-state index is 13.5. The minimum absolute atomic E-state index is 0.0396. The van der Waals surface area contributed by atoms with Crippen LogP contribution in [-0.2, 0) is 6.18 Å². The van der Waals surface area contributed by atoms with E-state index in [1.807, 2.05) is 12.1 Å². The SMILES string of the molecule is CN1CCC2CCN(C(=O)c3ccc(NC(=O)c4ccccc4C(F)(F)F)nc3)c3ccc(Cl)cc3C21. The lowest BCUT2D eigenvalue weighted by Gasteiger charge is -2.27. The van der Waals surface area contributed by atoms with Crippen molar-refractivity contribution < 1.29 is 22.8 Å². The van der Waals surface area contributed by atoms with Gasteiger partial charge in [0.15, 0.2) is 0 Å². The molecule has 0 saturated carbocycles. The number of fused-ring (bicyclic) bond motifs is 3. The molecule has 2 atom stereocenters. The average Bonchev–Trinajstić information content (AvgIpc) is 3.15. The Kier molecular flexibility index (Phi) is 6.68. The minimum atomic E-state index is -4.67. The molecular formula is C27H24ClF3N4O2. The fraction of sp³-hybridized carbons (Fsp3) is 0.296. The normalized spacial score (nSPS) is 19.6. The summed E-state index contributed by atoms with van der Waals surface area (Å²) in [5.41, 5.74) is 0.581. The molecule has 5 rings (SSSR count). The number of carbonyl (C=O) groups excluding carboxylic acids is 2. The smallest absolute Gasteiger partial charge is 0.308 e. The molecule has 3 heterocycles. The number of alkyl halides is 3. The Morgan fingerprint density at radius 2 is 1.81 bits per heavy atom. The van der Waals surface area contributed by atoms with Gasteiger partial charge in [-0.05, 0) is 80.4 Å². The van der Waals surface area contributed by atoms with E-state index in [4.69, 9.17) is 11.6 Å². The molecule has 0 aliphatic carbocycles. The van der Waals surface area contributed by atoms with Gasteiger partial charge in [0.25, 0.3) is 11.8 Å². The largest absolute Gasteiger partial charge is 0.417 e. The summed E-state index contributed by atoms with van der Waals surface area (Å²) < 4.78 is 39.8. The molecule has 1 aromatic heterocycles. The zero-order valence-electron chi connectivity index (χ0n) is 19.9. The molecule has 2 unspecified atom stereocenters. The molecule has 1 fully saturated rings. The highest BCUT2D eigenvalue weighted by atomic mass is 35.5. The van der Waals surface area contributed by atoms with E-state index in [0.29, 0.717) is 23.0 Å². The second-order valence-electron chi connectivity index (χ2n) is 9.35. The number of hydrogen-bond donors (Lipinski definition) is 1. The zero-order valence-corrected chi connectivity index (χ0v) is 20.7. The van der Waals surface area contributed by atoms with Gasteiger partial charge < -0.3 is 10.2 Å². The summed E-state index contributed by atoms with van der Waals surface area (Å²) in [6.45, 7) is 1.52. The minimum Gasteiger partial charge on any atom is -0.308 e. The molecule has 2 aliphatic rings. The fourth-order valence-corrected chi connectivity index (χ4v) is 5.50. The monoisotopic (exact) mass is 528 g/mol. The van der Waals surface area contributed by atoms with Gasteiger partial charge in [0.1, 0.15) is 5.82 Å². The number of amides is 2. The molecule has 6 nitrogen and oxygen atoms in total. The molecule has 37 heavy (non-hydrogen) atoms. The van der Waals surface area contributed by atoms with Crippen LogP contribution >= 0.6 is 11.6 Å². The van der Waals surface area contributed by atoms with Gasteiger partial charge in [0.05, 0.1) is 16.7 Å². The van der Waals surface area contributed by atoms with Crippen molar-refractivity contribution in [3.8, 4) is 0 Å². The summed E-state index contributed by atoms with van der Waals surface area (Å²) in [6.07, 6.45) is -1.46. The number of rotatable bonds is 3.